The van der Waals surface area contributed by atoms with E-state index in [2.05, 4.69) is 20.5 Å². The normalized spacial score (nSPS) is 10.8. The summed E-state index contributed by atoms with van der Waals surface area (Å²) in [7, 11) is 0. The van der Waals surface area contributed by atoms with Crippen molar-refractivity contribution in [2.75, 3.05) is 0 Å². The van der Waals surface area contributed by atoms with Crippen molar-refractivity contribution in [1.29, 1.82) is 0 Å². The fraction of sp³-hybridized carbons (Fsp3) is 0.0556. The zero-order valence-corrected chi connectivity index (χ0v) is 13.6. The van der Waals surface area contributed by atoms with Gasteiger partial charge < -0.3 is 4.98 Å². The highest BCUT2D eigenvalue weighted by Crippen LogP contribution is 2.11. The van der Waals surface area contributed by atoms with Gasteiger partial charge in [-0.25, -0.2) is 10.4 Å². The van der Waals surface area contributed by atoms with Crippen molar-refractivity contribution < 1.29 is 9.72 Å². The molecule has 8 nitrogen and oxygen atoms in total. The van der Waals surface area contributed by atoms with Gasteiger partial charge in [0.05, 0.1) is 17.5 Å². The molecular weight excluding hydrogens is 334 g/mol. The highest BCUT2D eigenvalue weighted by molar-refractivity contribution is 5.94. The number of nitrogens with one attached hydrogen (secondary N) is 2. The van der Waals surface area contributed by atoms with Gasteiger partial charge in [-0.2, -0.15) is 5.10 Å². The van der Waals surface area contributed by atoms with Crippen LogP contribution in [0.5, 0.6) is 0 Å². The van der Waals surface area contributed by atoms with E-state index in [0.29, 0.717) is 17.5 Å². The smallest absolute Gasteiger partial charge is 0.271 e. The van der Waals surface area contributed by atoms with E-state index >= 15 is 0 Å². The third-order valence-corrected chi connectivity index (χ3v) is 3.63. The molecule has 0 unspecified atom stereocenters. The van der Waals surface area contributed by atoms with E-state index in [9.17, 15) is 14.9 Å². The Morgan fingerprint density at radius 1 is 1.27 bits per heavy atom. The van der Waals surface area contributed by atoms with Crippen LogP contribution in [0.25, 0.3) is 0 Å². The van der Waals surface area contributed by atoms with Crippen LogP contribution in [-0.2, 0) is 6.42 Å². The molecule has 0 bridgehead atoms. The summed E-state index contributed by atoms with van der Waals surface area (Å²) in [6.45, 7) is 0. The van der Waals surface area contributed by atoms with Crippen LogP contribution in [0.4, 0.5) is 5.69 Å². The van der Waals surface area contributed by atoms with E-state index < -0.39 is 4.92 Å². The topological polar surface area (TPSA) is 113 Å². The number of aromatic nitrogens is 2. The second-order valence-electron chi connectivity index (χ2n) is 5.50. The number of non-ortho nitro benzene ring substituents is 1. The SMILES string of the molecule is O=C(N/N=C/c1cccc([N+](=O)[O-])c1)c1ccc(Cc2cnc[nH]2)cc1. The molecule has 2 N–H and O–H groups in total. The van der Waals surface area contributed by atoms with Crippen molar-refractivity contribution in [2.24, 2.45) is 5.10 Å². The molecule has 2 aromatic carbocycles. The van der Waals surface area contributed by atoms with Crippen LogP contribution in [0, 0.1) is 10.1 Å². The lowest BCUT2D eigenvalue weighted by molar-refractivity contribution is -0.384. The van der Waals surface area contributed by atoms with Gasteiger partial charge in [0.2, 0.25) is 0 Å². The van der Waals surface area contributed by atoms with Gasteiger partial charge in [0.1, 0.15) is 0 Å². The molecule has 0 fully saturated rings. The van der Waals surface area contributed by atoms with E-state index in [-0.39, 0.29) is 11.6 Å². The number of hydrogen-bond donors (Lipinski definition) is 2. The molecule has 8 heteroatoms. The maximum absolute atomic E-state index is 12.1. The standard InChI is InChI=1S/C18H15N5O3/c24-18(22-21-10-14-2-1-3-17(9-14)23(25)26)15-6-4-13(5-7-15)8-16-11-19-12-20-16/h1-7,9-12H,8H2,(H,19,20)(H,22,24)/b21-10+. The molecule has 3 rings (SSSR count). The van der Waals surface area contributed by atoms with E-state index in [0.717, 1.165) is 11.3 Å². The third kappa shape index (κ3) is 4.38. The number of nitro groups is 1. The molecule has 0 aliphatic rings. The molecule has 0 spiro atoms. The van der Waals surface area contributed by atoms with Crippen LogP contribution in [0.2, 0.25) is 0 Å². The van der Waals surface area contributed by atoms with Gasteiger partial charge in [0.25, 0.3) is 11.6 Å². The molecule has 0 saturated heterocycles. The first-order chi connectivity index (χ1) is 12.6. The number of nitro benzene ring substituents is 1. The van der Waals surface area contributed by atoms with Crippen molar-refractivity contribution >= 4 is 17.8 Å². The summed E-state index contributed by atoms with van der Waals surface area (Å²) in [6, 6.07) is 13.1. The second-order valence-corrected chi connectivity index (χ2v) is 5.50. The number of benzene rings is 2. The van der Waals surface area contributed by atoms with Crippen LogP contribution < -0.4 is 5.43 Å². The summed E-state index contributed by atoms with van der Waals surface area (Å²) in [5, 5.41) is 14.6. The van der Waals surface area contributed by atoms with Crippen molar-refractivity contribution in [1.82, 2.24) is 15.4 Å². The molecule has 130 valence electrons. The minimum Gasteiger partial charge on any atom is -0.348 e. The summed E-state index contributed by atoms with van der Waals surface area (Å²) in [5.74, 6) is -0.361. The predicted molar refractivity (Wildman–Crippen MR) is 96.0 cm³/mol. The van der Waals surface area contributed by atoms with E-state index in [1.807, 2.05) is 12.1 Å². The molecule has 1 amide bonds. The Labute approximate surface area is 148 Å². The Bertz CT molecular complexity index is 934. The third-order valence-electron chi connectivity index (χ3n) is 3.63. The van der Waals surface area contributed by atoms with Gasteiger partial charge in [-0.15, -0.1) is 0 Å². The number of carbonyl (C=O) groups excluding carboxylic acids is 1. The number of hydrazone groups is 1. The van der Waals surface area contributed by atoms with Crippen LogP contribution >= 0.6 is 0 Å². The number of rotatable bonds is 6. The first-order valence-electron chi connectivity index (χ1n) is 7.76. The molecule has 1 heterocycles. The Kier molecular flexibility index (Phi) is 5.14. The Morgan fingerprint density at radius 2 is 2.08 bits per heavy atom. The van der Waals surface area contributed by atoms with Crippen molar-refractivity contribution in [3.63, 3.8) is 0 Å². The lowest BCUT2D eigenvalue weighted by Crippen LogP contribution is -2.17. The molecule has 0 atom stereocenters. The van der Waals surface area contributed by atoms with Crippen molar-refractivity contribution in [2.45, 2.75) is 6.42 Å². The van der Waals surface area contributed by atoms with Gasteiger partial charge in [0.15, 0.2) is 0 Å². The fourth-order valence-corrected chi connectivity index (χ4v) is 2.32. The predicted octanol–water partition coefficient (Wildman–Crippen LogP) is 2.67. The Balaban J connectivity index is 1.59. The largest absolute Gasteiger partial charge is 0.348 e. The molecule has 26 heavy (non-hydrogen) atoms. The highest BCUT2D eigenvalue weighted by Gasteiger charge is 2.06. The van der Waals surface area contributed by atoms with Crippen LogP contribution in [0.1, 0.15) is 27.2 Å². The molecule has 0 aliphatic carbocycles. The zero-order chi connectivity index (χ0) is 18.4. The molecule has 0 aliphatic heterocycles. The summed E-state index contributed by atoms with van der Waals surface area (Å²) in [6.07, 6.45) is 5.43. The van der Waals surface area contributed by atoms with Gasteiger partial charge in [-0.05, 0) is 17.7 Å². The molecule has 1 aromatic heterocycles. The van der Waals surface area contributed by atoms with E-state index in [1.165, 1.54) is 18.3 Å². The molecule has 0 radical (unpaired) electrons. The number of carbonyl (C=O) groups is 1. The van der Waals surface area contributed by atoms with E-state index in [4.69, 9.17) is 0 Å². The minimum atomic E-state index is -0.485. The minimum absolute atomic E-state index is 0.0341. The average Bonchev–Trinajstić information content (AvgIpc) is 3.15. The molecule has 3 aromatic rings. The molecule has 0 saturated carbocycles. The summed E-state index contributed by atoms with van der Waals surface area (Å²) in [4.78, 5) is 29.3. The van der Waals surface area contributed by atoms with Crippen LogP contribution in [0.3, 0.4) is 0 Å². The Hall–Kier alpha value is -3.81. The lowest BCUT2D eigenvalue weighted by Gasteiger charge is -2.02. The summed E-state index contributed by atoms with van der Waals surface area (Å²) < 4.78 is 0. The summed E-state index contributed by atoms with van der Waals surface area (Å²) >= 11 is 0. The maximum Gasteiger partial charge on any atom is 0.271 e. The lowest BCUT2D eigenvalue weighted by atomic mass is 10.1. The maximum atomic E-state index is 12.1. The second kappa shape index (κ2) is 7.84. The van der Waals surface area contributed by atoms with Gasteiger partial charge in [-0.1, -0.05) is 24.3 Å². The van der Waals surface area contributed by atoms with Gasteiger partial charge in [0, 0.05) is 41.6 Å². The average molecular weight is 349 g/mol. The van der Waals surface area contributed by atoms with Crippen LogP contribution in [-0.4, -0.2) is 27.0 Å². The zero-order valence-electron chi connectivity index (χ0n) is 13.6. The molecular formula is C18H15N5O3. The first kappa shape index (κ1) is 17.0. The van der Waals surface area contributed by atoms with Crippen molar-refractivity contribution in [3.8, 4) is 0 Å². The number of imidazole rings is 1. The van der Waals surface area contributed by atoms with Crippen molar-refractivity contribution in [3.05, 3.63) is 93.6 Å². The number of H-pyrrole nitrogens is 1. The van der Waals surface area contributed by atoms with Crippen LogP contribution in [0.15, 0.2) is 66.2 Å². The van der Waals surface area contributed by atoms with E-state index in [1.54, 1.807) is 36.8 Å². The highest BCUT2D eigenvalue weighted by atomic mass is 16.6. The Morgan fingerprint density at radius 3 is 2.77 bits per heavy atom. The number of hydrogen-bond acceptors (Lipinski definition) is 5. The number of nitrogens with zero attached hydrogens (tertiary/aromatic N) is 3. The monoisotopic (exact) mass is 349 g/mol. The quantitative estimate of drug-likeness (QED) is 0.404. The van der Waals surface area contributed by atoms with Gasteiger partial charge >= 0.3 is 0 Å². The van der Waals surface area contributed by atoms with Gasteiger partial charge in [-0.3, -0.25) is 14.9 Å². The summed E-state index contributed by atoms with van der Waals surface area (Å²) in [5.41, 5.74) is 5.40. The number of amides is 1. The first-order valence-corrected chi connectivity index (χ1v) is 7.76. The number of aromatic amines is 1. The fourth-order valence-electron chi connectivity index (χ4n) is 2.32.